The van der Waals surface area contributed by atoms with E-state index in [9.17, 15) is 9.18 Å². The predicted molar refractivity (Wildman–Crippen MR) is 106 cm³/mol. The fraction of sp³-hybridized carbons (Fsp3) is 0.364. The molecule has 142 valence electrons. The number of carbonyl (C=O) groups excluding carboxylic acids is 1. The lowest BCUT2D eigenvalue weighted by Crippen LogP contribution is -2.25. The summed E-state index contributed by atoms with van der Waals surface area (Å²) in [7, 11) is 0. The molecule has 0 atom stereocenters. The average molecular weight is 367 g/mol. The van der Waals surface area contributed by atoms with Gasteiger partial charge < -0.3 is 10.6 Å². The quantitative estimate of drug-likeness (QED) is 0.676. The maximum absolute atomic E-state index is 12.9. The second-order valence-electron chi connectivity index (χ2n) is 6.85. The van der Waals surface area contributed by atoms with Crippen LogP contribution in [0.5, 0.6) is 0 Å². The Labute approximate surface area is 159 Å². The van der Waals surface area contributed by atoms with Crippen LogP contribution in [0, 0.1) is 5.82 Å². The molecule has 0 fully saturated rings. The zero-order valence-electron chi connectivity index (χ0n) is 15.5. The van der Waals surface area contributed by atoms with Crippen LogP contribution in [-0.2, 0) is 6.42 Å². The lowest BCUT2D eigenvalue weighted by molar-refractivity contribution is 0.0954. The van der Waals surface area contributed by atoms with E-state index in [-0.39, 0.29) is 11.7 Å². The first-order chi connectivity index (χ1) is 13.2. The molecule has 1 aliphatic carbocycles. The maximum atomic E-state index is 12.9. The fourth-order valence-electron chi connectivity index (χ4n) is 3.22. The van der Waals surface area contributed by atoms with Crippen LogP contribution in [0.2, 0.25) is 0 Å². The number of benzene rings is 1. The molecule has 1 heterocycles. The van der Waals surface area contributed by atoms with Gasteiger partial charge in [-0.25, -0.2) is 9.37 Å². The number of allylic oxidation sites excluding steroid dienone is 1. The number of rotatable bonds is 8. The summed E-state index contributed by atoms with van der Waals surface area (Å²) in [5.74, 6) is 0.342. The number of halogens is 1. The second kappa shape index (κ2) is 9.86. The van der Waals surface area contributed by atoms with Crippen LogP contribution in [0.15, 0.2) is 54.2 Å². The molecule has 2 aromatic rings. The van der Waals surface area contributed by atoms with Crippen LogP contribution < -0.4 is 10.6 Å². The Bertz CT molecular complexity index is 786. The molecule has 1 aromatic carbocycles. The number of pyridine rings is 1. The van der Waals surface area contributed by atoms with E-state index in [1.807, 2.05) is 0 Å². The van der Waals surface area contributed by atoms with Crippen LogP contribution >= 0.6 is 0 Å². The molecule has 0 bridgehead atoms. The van der Waals surface area contributed by atoms with Crippen molar-refractivity contribution in [1.82, 2.24) is 10.3 Å². The Kier molecular flexibility index (Phi) is 6.97. The summed E-state index contributed by atoms with van der Waals surface area (Å²) in [5.41, 5.74) is 3.10. The summed E-state index contributed by atoms with van der Waals surface area (Å²) in [5, 5.41) is 6.21. The third-order valence-corrected chi connectivity index (χ3v) is 4.77. The highest BCUT2D eigenvalue weighted by atomic mass is 19.1. The Balaban J connectivity index is 1.44. The van der Waals surface area contributed by atoms with E-state index in [1.54, 1.807) is 30.5 Å². The minimum Gasteiger partial charge on any atom is -0.370 e. The maximum Gasteiger partial charge on any atom is 0.251 e. The molecule has 0 saturated carbocycles. The average Bonchev–Trinajstić information content (AvgIpc) is 2.70. The van der Waals surface area contributed by atoms with E-state index in [2.05, 4.69) is 21.7 Å². The van der Waals surface area contributed by atoms with Gasteiger partial charge in [-0.2, -0.15) is 0 Å². The molecule has 0 radical (unpaired) electrons. The lowest BCUT2D eigenvalue weighted by Gasteiger charge is -2.13. The van der Waals surface area contributed by atoms with E-state index in [0.717, 1.165) is 24.3 Å². The van der Waals surface area contributed by atoms with Gasteiger partial charge in [-0.15, -0.1) is 0 Å². The normalized spacial score (nSPS) is 13.7. The number of nitrogens with zero attached hydrogens (tertiary/aromatic N) is 1. The summed E-state index contributed by atoms with van der Waals surface area (Å²) in [6.07, 6.45) is 10.7. The number of nitrogens with one attached hydrogen (secondary N) is 2. The molecule has 0 saturated heterocycles. The molecule has 3 rings (SSSR count). The third-order valence-electron chi connectivity index (χ3n) is 4.77. The van der Waals surface area contributed by atoms with Gasteiger partial charge in [0.15, 0.2) is 0 Å². The Morgan fingerprint density at radius 3 is 2.70 bits per heavy atom. The highest BCUT2D eigenvalue weighted by Crippen LogP contribution is 2.20. The predicted octanol–water partition coefficient (Wildman–Crippen LogP) is 4.50. The van der Waals surface area contributed by atoms with Gasteiger partial charge in [-0.1, -0.05) is 23.8 Å². The summed E-state index contributed by atoms with van der Waals surface area (Å²) in [6.45, 7) is 1.33. The van der Waals surface area contributed by atoms with E-state index in [1.165, 1.54) is 43.4 Å². The molecule has 27 heavy (non-hydrogen) atoms. The smallest absolute Gasteiger partial charge is 0.251 e. The molecule has 4 nitrogen and oxygen atoms in total. The van der Waals surface area contributed by atoms with Crippen LogP contribution in [0.1, 0.15) is 48.0 Å². The summed E-state index contributed by atoms with van der Waals surface area (Å²) < 4.78 is 12.9. The van der Waals surface area contributed by atoms with E-state index in [0.29, 0.717) is 18.5 Å². The molecular formula is C22H26FN3O. The van der Waals surface area contributed by atoms with Gasteiger partial charge in [-0.3, -0.25) is 4.79 Å². The third kappa shape index (κ3) is 6.20. The molecule has 2 N–H and O–H groups in total. The molecule has 1 amide bonds. The Morgan fingerprint density at radius 2 is 1.93 bits per heavy atom. The first-order valence-electron chi connectivity index (χ1n) is 9.61. The van der Waals surface area contributed by atoms with Gasteiger partial charge in [0.1, 0.15) is 11.6 Å². The van der Waals surface area contributed by atoms with Gasteiger partial charge in [0.25, 0.3) is 5.91 Å². The van der Waals surface area contributed by atoms with Crippen LogP contribution in [0.25, 0.3) is 0 Å². The zero-order valence-corrected chi connectivity index (χ0v) is 15.5. The molecular weight excluding hydrogens is 341 g/mol. The van der Waals surface area contributed by atoms with Crippen molar-refractivity contribution in [2.45, 2.75) is 38.5 Å². The summed E-state index contributed by atoms with van der Waals surface area (Å²) in [6, 6.07) is 9.82. The molecule has 1 aliphatic rings. The molecule has 5 heteroatoms. The number of hydrogen-bond donors (Lipinski definition) is 2. The zero-order chi connectivity index (χ0) is 18.9. The highest BCUT2D eigenvalue weighted by molar-refractivity contribution is 5.94. The standard InChI is InChI=1S/C22H26FN3O/c23-20-8-6-18(7-9-20)11-14-26-22(27)19-12-15-25-21(16-19)24-13-10-17-4-2-1-3-5-17/h4,6-9,12,15-16H,1-3,5,10-11,13-14H2,(H,24,25)(H,26,27). The van der Waals surface area contributed by atoms with Gasteiger partial charge in [0.2, 0.25) is 0 Å². The monoisotopic (exact) mass is 367 g/mol. The molecule has 0 aliphatic heterocycles. The van der Waals surface area contributed by atoms with E-state index in [4.69, 9.17) is 0 Å². The lowest BCUT2D eigenvalue weighted by atomic mass is 9.97. The largest absolute Gasteiger partial charge is 0.370 e. The Hall–Kier alpha value is -2.69. The number of aromatic nitrogens is 1. The summed E-state index contributed by atoms with van der Waals surface area (Å²) >= 11 is 0. The first-order valence-corrected chi connectivity index (χ1v) is 9.61. The Morgan fingerprint density at radius 1 is 1.07 bits per heavy atom. The van der Waals surface area contributed by atoms with Crippen molar-refractivity contribution >= 4 is 11.7 Å². The van der Waals surface area contributed by atoms with Gasteiger partial charge >= 0.3 is 0 Å². The molecule has 0 unspecified atom stereocenters. The topological polar surface area (TPSA) is 54.0 Å². The van der Waals surface area contributed by atoms with Crippen molar-refractivity contribution in [1.29, 1.82) is 0 Å². The van der Waals surface area contributed by atoms with Crippen LogP contribution in [0.4, 0.5) is 10.2 Å². The van der Waals surface area contributed by atoms with Crippen molar-refractivity contribution in [2.75, 3.05) is 18.4 Å². The SMILES string of the molecule is O=C(NCCc1ccc(F)cc1)c1ccnc(NCCC2=CCCCC2)c1. The second-order valence-corrected chi connectivity index (χ2v) is 6.85. The van der Waals surface area contributed by atoms with Crippen molar-refractivity contribution in [3.05, 3.63) is 71.2 Å². The number of anilines is 1. The molecule has 0 spiro atoms. The summed E-state index contributed by atoms with van der Waals surface area (Å²) in [4.78, 5) is 16.6. The van der Waals surface area contributed by atoms with Crippen molar-refractivity contribution in [3.8, 4) is 0 Å². The van der Waals surface area contributed by atoms with Gasteiger partial charge in [0.05, 0.1) is 0 Å². The van der Waals surface area contributed by atoms with Crippen molar-refractivity contribution in [3.63, 3.8) is 0 Å². The van der Waals surface area contributed by atoms with Crippen LogP contribution in [0.3, 0.4) is 0 Å². The first kappa shape index (κ1) is 19.1. The number of amides is 1. The fourth-order valence-corrected chi connectivity index (χ4v) is 3.22. The van der Waals surface area contributed by atoms with Crippen molar-refractivity contribution < 1.29 is 9.18 Å². The van der Waals surface area contributed by atoms with Crippen LogP contribution in [-0.4, -0.2) is 24.0 Å². The van der Waals surface area contributed by atoms with E-state index >= 15 is 0 Å². The van der Waals surface area contributed by atoms with E-state index < -0.39 is 0 Å². The van der Waals surface area contributed by atoms with Gasteiger partial charge in [0, 0.05) is 24.8 Å². The number of carbonyl (C=O) groups is 1. The van der Waals surface area contributed by atoms with Gasteiger partial charge in [-0.05, 0) is 68.4 Å². The minimum atomic E-state index is -0.251. The number of hydrogen-bond acceptors (Lipinski definition) is 3. The highest BCUT2D eigenvalue weighted by Gasteiger charge is 2.07. The molecule has 1 aromatic heterocycles. The minimum absolute atomic E-state index is 0.127. The van der Waals surface area contributed by atoms with Crippen molar-refractivity contribution in [2.24, 2.45) is 0 Å².